The van der Waals surface area contributed by atoms with E-state index in [4.69, 9.17) is 0 Å². The second kappa shape index (κ2) is 6.92. The minimum atomic E-state index is -0.216. The molecular formula is C19H19N3O3S. The van der Waals surface area contributed by atoms with E-state index in [1.165, 1.54) is 11.3 Å². The molecule has 0 unspecified atom stereocenters. The number of carbonyl (C=O) groups excluding carboxylic acids is 3. The average molecular weight is 369 g/mol. The zero-order chi connectivity index (χ0) is 18.1. The highest BCUT2D eigenvalue weighted by atomic mass is 32.1. The molecule has 1 aliphatic heterocycles. The summed E-state index contributed by atoms with van der Waals surface area (Å²) in [5, 5.41) is 6.38. The standard InChI is InChI=1S/C19H19N3O3S/c23-17-2-1-11-22(17)14-7-5-13(6-8-14)20-19(25)15-9-10-16(26-15)21-18(24)12-3-4-12/h5-10,12H,1-4,11H2,(H,20,25)(H,21,24). The van der Waals surface area contributed by atoms with Crippen LogP contribution in [0.3, 0.4) is 0 Å². The predicted molar refractivity (Wildman–Crippen MR) is 102 cm³/mol. The summed E-state index contributed by atoms with van der Waals surface area (Å²) in [5.41, 5.74) is 1.52. The summed E-state index contributed by atoms with van der Waals surface area (Å²) in [6.07, 6.45) is 3.37. The average Bonchev–Trinajstić information content (AvgIpc) is 3.25. The van der Waals surface area contributed by atoms with Crippen molar-refractivity contribution in [2.75, 3.05) is 22.1 Å². The number of hydrogen-bond donors (Lipinski definition) is 2. The molecule has 3 amide bonds. The van der Waals surface area contributed by atoms with Gasteiger partial charge in [0.15, 0.2) is 0 Å². The lowest BCUT2D eigenvalue weighted by Gasteiger charge is -2.16. The SMILES string of the molecule is O=C(Nc1ccc(N2CCCC2=O)cc1)c1ccc(NC(=O)C2CC2)s1. The Bertz CT molecular complexity index is 855. The van der Waals surface area contributed by atoms with Crippen molar-refractivity contribution in [3.63, 3.8) is 0 Å². The molecule has 1 saturated heterocycles. The molecule has 4 rings (SSSR count). The topological polar surface area (TPSA) is 78.5 Å². The Labute approximate surface area is 155 Å². The van der Waals surface area contributed by atoms with Crippen molar-refractivity contribution < 1.29 is 14.4 Å². The molecule has 6 nitrogen and oxygen atoms in total. The maximum Gasteiger partial charge on any atom is 0.265 e. The van der Waals surface area contributed by atoms with E-state index in [2.05, 4.69) is 10.6 Å². The van der Waals surface area contributed by atoms with Crippen molar-refractivity contribution in [3.05, 3.63) is 41.3 Å². The normalized spacial score (nSPS) is 16.6. The molecule has 2 aromatic rings. The van der Waals surface area contributed by atoms with E-state index < -0.39 is 0 Å². The number of nitrogens with one attached hydrogen (secondary N) is 2. The number of carbonyl (C=O) groups is 3. The first-order chi connectivity index (χ1) is 12.6. The molecule has 0 spiro atoms. The zero-order valence-corrected chi connectivity index (χ0v) is 15.0. The van der Waals surface area contributed by atoms with E-state index in [0.29, 0.717) is 22.0 Å². The minimum Gasteiger partial charge on any atom is -0.321 e. The highest BCUT2D eigenvalue weighted by Crippen LogP contribution is 2.32. The van der Waals surface area contributed by atoms with Crippen LogP contribution in [0.4, 0.5) is 16.4 Å². The molecule has 2 N–H and O–H groups in total. The summed E-state index contributed by atoms with van der Waals surface area (Å²) in [6, 6.07) is 10.7. The van der Waals surface area contributed by atoms with Crippen LogP contribution < -0.4 is 15.5 Å². The molecule has 7 heteroatoms. The van der Waals surface area contributed by atoms with Crippen molar-refractivity contribution in [1.29, 1.82) is 0 Å². The first-order valence-electron chi connectivity index (χ1n) is 8.72. The maximum absolute atomic E-state index is 12.4. The van der Waals surface area contributed by atoms with Crippen LogP contribution in [0.25, 0.3) is 0 Å². The molecule has 134 valence electrons. The van der Waals surface area contributed by atoms with E-state index in [1.54, 1.807) is 29.2 Å². The second-order valence-corrected chi connectivity index (χ2v) is 7.66. The minimum absolute atomic E-state index is 0.0332. The molecule has 0 radical (unpaired) electrons. The van der Waals surface area contributed by atoms with Crippen LogP contribution in [0, 0.1) is 5.92 Å². The van der Waals surface area contributed by atoms with Crippen LogP contribution in [0.15, 0.2) is 36.4 Å². The van der Waals surface area contributed by atoms with Crippen LogP contribution in [-0.4, -0.2) is 24.3 Å². The third kappa shape index (κ3) is 3.62. The van der Waals surface area contributed by atoms with Gasteiger partial charge in [0.2, 0.25) is 11.8 Å². The van der Waals surface area contributed by atoms with Gasteiger partial charge >= 0.3 is 0 Å². The number of anilines is 3. The first-order valence-corrected chi connectivity index (χ1v) is 9.54. The number of hydrogen-bond acceptors (Lipinski definition) is 4. The Morgan fingerprint density at radius 3 is 2.46 bits per heavy atom. The number of thiophene rings is 1. The molecule has 0 bridgehead atoms. The van der Waals surface area contributed by atoms with Crippen molar-refractivity contribution in [3.8, 4) is 0 Å². The summed E-state index contributed by atoms with van der Waals surface area (Å²) in [5.74, 6) is 0.0919. The van der Waals surface area contributed by atoms with Gasteiger partial charge in [-0.1, -0.05) is 0 Å². The van der Waals surface area contributed by atoms with E-state index >= 15 is 0 Å². The van der Waals surface area contributed by atoms with Gasteiger partial charge in [-0.25, -0.2) is 0 Å². The molecule has 1 aromatic heterocycles. The van der Waals surface area contributed by atoms with E-state index in [9.17, 15) is 14.4 Å². The molecule has 1 aliphatic carbocycles. The largest absolute Gasteiger partial charge is 0.321 e. The third-order valence-electron chi connectivity index (χ3n) is 4.53. The number of rotatable bonds is 5. The van der Waals surface area contributed by atoms with E-state index in [-0.39, 0.29) is 23.6 Å². The lowest BCUT2D eigenvalue weighted by Crippen LogP contribution is -2.23. The van der Waals surface area contributed by atoms with Crippen molar-refractivity contribution >= 4 is 45.4 Å². The predicted octanol–water partition coefficient (Wildman–Crippen LogP) is 3.48. The summed E-state index contributed by atoms with van der Waals surface area (Å²) < 4.78 is 0. The van der Waals surface area contributed by atoms with Gasteiger partial charge < -0.3 is 15.5 Å². The lowest BCUT2D eigenvalue weighted by atomic mass is 10.2. The monoisotopic (exact) mass is 369 g/mol. The number of nitrogens with zero attached hydrogens (tertiary/aromatic N) is 1. The Hall–Kier alpha value is -2.67. The van der Waals surface area contributed by atoms with Gasteiger partial charge in [0.25, 0.3) is 5.91 Å². The van der Waals surface area contributed by atoms with Gasteiger partial charge in [0, 0.05) is 30.3 Å². The van der Waals surface area contributed by atoms with Gasteiger partial charge in [-0.15, -0.1) is 11.3 Å². The molecular weight excluding hydrogens is 350 g/mol. The summed E-state index contributed by atoms with van der Waals surface area (Å²) in [7, 11) is 0. The fraction of sp³-hybridized carbons (Fsp3) is 0.316. The van der Waals surface area contributed by atoms with Crippen LogP contribution in [0.2, 0.25) is 0 Å². The molecule has 1 aromatic carbocycles. The quantitative estimate of drug-likeness (QED) is 0.847. The van der Waals surface area contributed by atoms with Crippen LogP contribution >= 0.6 is 11.3 Å². The number of benzene rings is 1. The summed E-state index contributed by atoms with van der Waals surface area (Å²) in [6.45, 7) is 0.745. The maximum atomic E-state index is 12.4. The number of amides is 3. The van der Waals surface area contributed by atoms with E-state index in [0.717, 1.165) is 31.5 Å². The fourth-order valence-corrected chi connectivity index (χ4v) is 3.74. The van der Waals surface area contributed by atoms with Gasteiger partial charge in [0.05, 0.1) is 9.88 Å². The van der Waals surface area contributed by atoms with Gasteiger partial charge in [-0.2, -0.15) is 0 Å². The summed E-state index contributed by atoms with van der Waals surface area (Å²) in [4.78, 5) is 38.2. The third-order valence-corrected chi connectivity index (χ3v) is 5.53. The van der Waals surface area contributed by atoms with Crippen LogP contribution in [-0.2, 0) is 9.59 Å². The van der Waals surface area contributed by atoms with Crippen LogP contribution in [0.5, 0.6) is 0 Å². The van der Waals surface area contributed by atoms with Gasteiger partial charge in [0.1, 0.15) is 0 Å². The Kier molecular flexibility index (Phi) is 4.46. The highest BCUT2D eigenvalue weighted by molar-refractivity contribution is 7.18. The van der Waals surface area contributed by atoms with Crippen LogP contribution in [0.1, 0.15) is 35.4 Å². The first kappa shape index (κ1) is 16.8. The molecule has 2 fully saturated rings. The second-order valence-electron chi connectivity index (χ2n) is 6.58. The van der Waals surface area contributed by atoms with Crippen molar-refractivity contribution in [2.45, 2.75) is 25.7 Å². The Balaban J connectivity index is 1.37. The molecule has 26 heavy (non-hydrogen) atoms. The van der Waals surface area contributed by atoms with Gasteiger partial charge in [-0.3, -0.25) is 14.4 Å². The molecule has 1 saturated carbocycles. The summed E-state index contributed by atoms with van der Waals surface area (Å²) >= 11 is 1.26. The molecule has 2 aliphatic rings. The fourth-order valence-electron chi connectivity index (χ4n) is 2.93. The Morgan fingerprint density at radius 1 is 1.04 bits per heavy atom. The van der Waals surface area contributed by atoms with Crippen molar-refractivity contribution in [1.82, 2.24) is 0 Å². The molecule has 0 atom stereocenters. The van der Waals surface area contributed by atoms with Gasteiger partial charge in [-0.05, 0) is 55.7 Å². The smallest absolute Gasteiger partial charge is 0.265 e. The highest BCUT2D eigenvalue weighted by Gasteiger charge is 2.30. The van der Waals surface area contributed by atoms with E-state index in [1.807, 2.05) is 12.1 Å². The molecule has 2 heterocycles. The lowest BCUT2D eigenvalue weighted by molar-refractivity contribution is -0.118. The zero-order valence-electron chi connectivity index (χ0n) is 14.2. The Morgan fingerprint density at radius 2 is 1.81 bits per heavy atom. The van der Waals surface area contributed by atoms with Crippen molar-refractivity contribution in [2.24, 2.45) is 5.92 Å².